The van der Waals surface area contributed by atoms with Crippen LogP contribution in [0.5, 0.6) is 0 Å². The van der Waals surface area contributed by atoms with Gasteiger partial charge in [-0.2, -0.15) is 5.26 Å². The molecule has 1 aromatic rings. The number of carbonyl (C=O) groups is 2. The first-order valence-corrected chi connectivity index (χ1v) is 13.9. The Morgan fingerprint density at radius 2 is 2.00 bits per heavy atom. The normalized spacial score (nSPS) is 35.8. The van der Waals surface area contributed by atoms with Gasteiger partial charge in [0.2, 0.25) is 0 Å². The van der Waals surface area contributed by atoms with Gasteiger partial charge in [-0.05, 0) is 44.3 Å². The number of nitrogens with zero attached hydrogens (tertiary/aromatic N) is 2. The molecule has 0 aromatic carbocycles. The monoisotopic (exact) mass is 532 g/mol. The molecule has 0 saturated carbocycles. The van der Waals surface area contributed by atoms with E-state index in [1.807, 2.05) is 32.2 Å². The molecule has 2 saturated heterocycles. The van der Waals surface area contributed by atoms with Crippen LogP contribution in [-0.2, 0) is 25.5 Å². The summed E-state index contributed by atoms with van der Waals surface area (Å²) >= 11 is 1.41. The van der Waals surface area contributed by atoms with Crippen molar-refractivity contribution >= 4 is 29.2 Å². The van der Waals surface area contributed by atoms with Gasteiger partial charge in [-0.15, -0.1) is 11.3 Å². The summed E-state index contributed by atoms with van der Waals surface area (Å²) in [5, 5.41) is 33.2. The Morgan fingerprint density at radius 1 is 1.30 bits per heavy atom. The number of hydrogen-bond donors (Lipinski definition) is 2. The number of nitriles is 1. The lowest BCUT2D eigenvalue weighted by Crippen LogP contribution is -2.45. The highest BCUT2D eigenvalue weighted by atomic mass is 32.1. The van der Waals surface area contributed by atoms with E-state index in [0.29, 0.717) is 12.1 Å². The lowest BCUT2D eigenvalue weighted by Gasteiger charge is -2.34. The van der Waals surface area contributed by atoms with Crippen molar-refractivity contribution in [3.05, 3.63) is 21.7 Å². The van der Waals surface area contributed by atoms with Crippen LogP contribution in [-0.4, -0.2) is 57.0 Å². The number of cyclic esters (lactones) is 1. The van der Waals surface area contributed by atoms with E-state index in [9.17, 15) is 19.8 Å². The van der Waals surface area contributed by atoms with Crippen molar-refractivity contribution in [3.63, 3.8) is 0 Å². The number of hydrogen-bond acceptors (Lipinski definition) is 9. The van der Waals surface area contributed by atoms with Crippen LogP contribution in [0.25, 0.3) is 6.08 Å². The Balaban J connectivity index is 1.85. The van der Waals surface area contributed by atoms with Crippen LogP contribution in [0.4, 0.5) is 0 Å². The summed E-state index contributed by atoms with van der Waals surface area (Å²) in [7, 11) is 0. The minimum Gasteiger partial charge on any atom is -0.458 e. The molecule has 8 nitrogen and oxygen atoms in total. The molecule has 9 heteroatoms. The Hall–Kier alpha value is -2.12. The summed E-state index contributed by atoms with van der Waals surface area (Å²) in [6, 6.07) is 2.09. The maximum absolute atomic E-state index is 13.2. The number of thiazole rings is 1. The standard InChI is InChI=1S/C28H40N2O6S/c1-16-8-7-10-28(6)22(36-28)13-20(17(2)12-19-15-37-23(30-19)9-11-29)35-24(32)14-21(31)27(4,5)26(34)18(3)25(16)33/h12,15-16,18,20-22,25,31,33H,7-10,13-14H2,1-6H3. The van der Waals surface area contributed by atoms with Crippen molar-refractivity contribution in [2.24, 2.45) is 17.3 Å². The first kappa shape index (κ1) is 29.4. The first-order valence-electron chi connectivity index (χ1n) is 13.1. The van der Waals surface area contributed by atoms with Crippen molar-refractivity contribution < 1.29 is 29.3 Å². The number of ketones is 1. The number of aliphatic hydroxyl groups is 2. The van der Waals surface area contributed by atoms with Crippen LogP contribution in [0.15, 0.2) is 11.0 Å². The van der Waals surface area contributed by atoms with E-state index in [0.717, 1.165) is 29.8 Å². The second-order valence-electron chi connectivity index (χ2n) is 11.5. The minimum atomic E-state index is -1.26. The fraction of sp³-hybridized carbons (Fsp3) is 0.714. The van der Waals surface area contributed by atoms with Gasteiger partial charge in [-0.25, -0.2) is 4.98 Å². The van der Waals surface area contributed by atoms with Gasteiger partial charge in [0.15, 0.2) is 0 Å². The fourth-order valence-electron chi connectivity index (χ4n) is 5.16. The predicted octanol–water partition coefficient (Wildman–Crippen LogP) is 4.24. The van der Waals surface area contributed by atoms with Crippen LogP contribution in [0.3, 0.4) is 0 Å². The Kier molecular flexibility index (Phi) is 9.33. The fourth-order valence-corrected chi connectivity index (χ4v) is 5.84. The predicted molar refractivity (Wildman–Crippen MR) is 140 cm³/mol. The van der Waals surface area contributed by atoms with E-state index < -0.39 is 35.6 Å². The number of esters is 1. The van der Waals surface area contributed by atoms with E-state index >= 15 is 0 Å². The van der Waals surface area contributed by atoms with Crippen molar-refractivity contribution in [1.29, 1.82) is 5.26 Å². The SMILES string of the molecule is CC(=Cc1csc(CC#N)n1)C1CC2OC2(C)CCCC(C)C(O)C(C)C(=O)C(C)(C)C(O)CC(=O)O1. The quantitative estimate of drug-likeness (QED) is 0.436. The van der Waals surface area contributed by atoms with Gasteiger partial charge in [0.25, 0.3) is 0 Å². The Labute approximate surface area is 223 Å². The molecular weight excluding hydrogens is 492 g/mol. The number of rotatable bonds is 3. The molecule has 0 bridgehead atoms. The van der Waals surface area contributed by atoms with Crippen molar-refractivity contribution in [2.45, 2.75) is 110 Å². The highest BCUT2D eigenvalue weighted by Gasteiger charge is 2.53. The molecule has 2 fully saturated rings. The molecule has 37 heavy (non-hydrogen) atoms. The van der Waals surface area contributed by atoms with Crippen LogP contribution in [0, 0.1) is 28.6 Å². The summed E-state index contributed by atoms with van der Waals surface area (Å²) < 4.78 is 11.9. The maximum Gasteiger partial charge on any atom is 0.309 e. The van der Waals surface area contributed by atoms with Gasteiger partial charge >= 0.3 is 5.97 Å². The Morgan fingerprint density at radius 3 is 2.68 bits per heavy atom. The van der Waals surface area contributed by atoms with Crippen LogP contribution < -0.4 is 0 Å². The summed E-state index contributed by atoms with van der Waals surface area (Å²) in [6.45, 7) is 10.8. The molecule has 3 rings (SSSR count). The summed E-state index contributed by atoms with van der Waals surface area (Å²) in [5.41, 5.74) is -0.0806. The molecule has 0 aliphatic carbocycles. The van der Waals surface area contributed by atoms with Crippen molar-refractivity contribution in [1.82, 2.24) is 4.98 Å². The molecular formula is C28H40N2O6S. The zero-order chi connectivity index (χ0) is 27.5. The smallest absolute Gasteiger partial charge is 0.309 e. The maximum atomic E-state index is 13.2. The van der Waals surface area contributed by atoms with Crippen LogP contribution >= 0.6 is 11.3 Å². The Bertz CT molecular complexity index is 1060. The average Bonchev–Trinajstić information content (AvgIpc) is 3.24. The third-order valence-corrected chi connectivity index (χ3v) is 8.96. The van der Waals surface area contributed by atoms with E-state index in [2.05, 4.69) is 11.1 Å². The molecule has 7 unspecified atom stereocenters. The summed E-state index contributed by atoms with van der Waals surface area (Å²) in [4.78, 5) is 30.7. The zero-order valence-corrected chi connectivity index (χ0v) is 23.5. The molecule has 1 aromatic heterocycles. The number of fused-ring (bicyclic) bond motifs is 1. The highest BCUT2D eigenvalue weighted by Crippen LogP contribution is 2.45. The molecule has 0 radical (unpaired) electrons. The second-order valence-corrected chi connectivity index (χ2v) is 12.4. The number of epoxide rings is 1. The number of Topliss-reactive ketones (excluding diaryl/α,β-unsaturated/α-hetero) is 1. The van der Waals surface area contributed by atoms with Crippen molar-refractivity contribution in [3.8, 4) is 6.07 Å². The summed E-state index contributed by atoms with van der Waals surface area (Å²) in [6.07, 6.45) is 1.83. The van der Waals surface area contributed by atoms with Gasteiger partial charge in [-0.3, -0.25) is 9.59 Å². The number of carbonyl (C=O) groups excluding carboxylic acids is 2. The van der Waals surface area contributed by atoms with Gasteiger partial charge in [-0.1, -0.05) is 34.1 Å². The third-order valence-electron chi connectivity index (χ3n) is 8.09. The molecule has 2 aliphatic heterocycles. The molecule has 0 spiro atoms. The molecule has 2 aliphatic rings. The van der Waals surface area contributed by atoms with Gasteiger partial charge in [0.1, 0.15) is 16.9 Å². The zero-order valence-electron chi connectivity index (χ0n) is 22.7. The molecule has 2 N–H and O–H groups in total. The first-order chi connectivity index (χ1) is 17.3. The number of aromatic nitrogens is 1. The van der Waals surface area contributed by atoms with E-state index in [1.165, 1.54) is 11.3 Å². The molecule has 204 valence electrons. The highest BCUT2D eigenvalue weighted by molar-refractivity contribution is 7.09. The lowest BCUT2D eigenvalue weighted by atomic mass is 9.73. The third kappa shape index (κ3) is 7.05. The van der Waals surface area contributed by atoms with Gasteiger partial charge < -0.3 is 19.7 Å². The van der Waals surface area contributed by atoms with Gasteiger partial charge in [0.05, 0.1) is 53.9 Å². The molecule has 3 heterocycles. The second kappa shape index (κ2) is 11.7. The van der Waals surface area contributed by atoms with Crippen LogP contribution in [0.2, 0.25) is 0 Å². The average molecular weight is 533 g/mol. The van der Waals surface area contributed by atoms with Crippen molar-refractivity contribution in [2.75, 3.05) is 0 Å². The number of ether oxygens (including phenoxy) is 2. The van der Waals surface area contributed by atoms with E-state index in [-0.39, 0.29) is 36.2 Å². The van der Waals surface area contributed by atoms with E-state index in [1.54, 1.807) is 20.8 Å². The van der Waals surface area contributed by atoms with E-state index in [4.69, 9.17) is 14.7 Å². The minimum absolute atomic E-state index is 0.0896. The summed E-state index contributed by atoms with van der Waals surface area (Å²) in [5.74, 6) is -1.65. The van der Waals surface area contributed by atoms with Crippen LogP contribution in [0.1, 0.15) is 84.3 Å². The largest absolute Gasteiger partial charge is 0.458 e. The molecule has 0 amide bonds. The topological polar surface area (TPSA) is 133 Å². The number of aliphatic hydroxyl groups excluding tert-OH is 2. The lowest BCUT2D eigenvalue weighted by molar-refractivity contribution is -0.154. The molecule has 7 atom stereocenters. The van der Waals surface area contributed by atoms with Gasteiger partial charge in [0, 0.05) is 17.7 Å².